The summed E-state index contributed by atoms with van der Waals surface area (Å²) < 4.78 is 42.8. The van der Waals surface area contributed by atoms with Crippen LogP contribution in [0.3, 0.4) is 0 Å². The summed E-state index contributed by atoms with van der Waals surface area (Å²) in [5, 5.41) is 7.34. The molecule has 0 saturated carbocycles. The van der Waals surface area contributed by atoms with Gasteiger partial charge in [-0.3, -0.25) is 4.68 Å². The van der Waals surface area contributed by atoms with Crippen molar-refractivity contribution >= 4 is 34.3 Å². The summed E-state index contributed by atoms with van der Waals surface area (Å²) in [7, 11) is 0. The van der Waals surface area contributed by atoms with Gasteiger partial charge in [-0.25, -0.2) is 15.0 Å². The van der Waals surface area contributed by atoms with Gasteiger partial charge >= 0.3 is 6.18 Å². The van der Waals surface area contributed by atoms with Crippen LogP contribution in [0.1, 0.15) is 11.4 Å². The van der Waals surface area contributed by atoms with Crippen LogP contribution in [-0.2, 0) is 11.3 Å². The lowest BCUT2D eigenvalue weighted by molar-refractivity contribution is -0.174. The van der Waals surface area contributed by atoms with Crippen LogP contribution in [0.15, 0.2) is 12.4 Å². The second-order valence-corrected chi connectivity index (χ2v) is 6.02. The van der Waals surface area contributed by atoms with Gasteiger partial charge in [-0.1, -0.05) is 0 Å². The van der Waals surface area contributed by atoms with Gasteiger partial charge in [0, 0.05) is 11.8 Å². The number of fused-ring (bicyclic) bond motifs is 1. The summed E-state index contributed by atoms with van der Waals surface area (Å²) >= 11 is 6.00. The third-order valence-electron chi connectivity index (χ3n) is 3.49. The molecule has 0 bridgehead atoms. The van der Waals surface area contributed by atoms with E-state index in [0.717, 1.165) is 5.69 Å². The molecule has 1 N–H and O–H groups in total. The van der Waals surface area contributed by atoms with Gasteiger partial charge in [0.1, 0.15) is 29.8 Å². The molecule has 0 amide bonds. The highest BCUT2D eigenvalue weighted by Crippen LogP contribution is 2.27. The fourth-order valence-corrected chi connectivity index (χ4v) is 2.60. The summed E-state index contributed by atoms with van der Waals surface area (Å²) in [6, 6.07) is 1.71. The van der Waals surface area contributed by atoms with Gasteiger partial charge in [0.15, 0.2) is 5.82 Å². The third kappa shape index (κ3) is 4.80. The number of ether oxygens (including phenoxy) is 1. The molecule has 0 saturated heterocycles. The Morgan fingerprint density at radius 2 is 2.00 bits per heavy atom. The minimum absolute atomic E-state index is 0.00625. The summed E-state index contributed by atoms with van der Waals surface area (Å²) in [4.78, 5) is 16.5. The zero-order chi connectivity index (χ0) is 19.6. The first-order valence-electron chi connectivity index (χ1n) is 7.84. The van der Waals surface area contributed by atoms with Crippen molar-refractivity contribution in [2.45, 2.75) is 26.6 Å². The van der Waals surface area contributed by atoms with Crippen LogP contribution in [0, 0.1) is 13.8 Å². The predicted octanol–water partition coefficient (Wildman–Crippen LogP) is 3.21. The number of halogens is 4. The highest BCUT2D eigenvalue weighted by atomic mass is 35.5. The van der Waals surface area contributed by atoms with Gasteiger partial charge in [0.25, 0.3) is 0 Å². The van der Waals surface area contributed by atoms with Crippen LogP contribution in [0.25, 0.3) is 11.0 Å². The Labute approximate surface area is 156 Å². The molecule has 0 aromatic carbocycles. The molecule has 27 heavy (non-hydrogen) atoms. The van der Waals surface area contributed by atoms with Gasteiger partial charge in [-0.05, 0) is 25.4 Å². The van der Waals surface area contributed by atoms with E-state index in [9.17, 15) is 13.2 Å². The Hall–Kier alpha value is -2.53. The third-order valence-corrected chi connectivity index (χ3v) is 3.66. The van der Waals surface area contributed by atoms with Gasteiger partial charge < -0.3 is 10.1 Å². The largest absolute Gasteiger partial charge is 0.411 e. The van der Waals surface area contributed by atoms with E-state index in [2.05, 4.69) is 35.1 Å². The maximum atomic E-state index is 12.2. The van der Waals surface area contributed by atoms with E-state index in [-0.39, 0.29) is 18.4 Å². The number of nitrogens with one attached hydrogen (secondary N) is 1. The van der Waals surface area contributed by atoms with E-state index >= 15 is 0 Å². The zero-order valence-electron chi connectivity index (χ0n) is 14.4. The van der Waals surface area contributed by atoms with Gasteiger partial charge in [-0.15, -0.1) is 0 Å². The molecule has 144 valence electrons. The van der Waals surface area contributed by atoms with Crippen molar-refractivity contribution in [1.29, 1.82) is 0 Å². The lowest BCUT2D eigenvalue weighted by Gasteiger charge is -2.10. The topological polar surface area (TPSA) is 90.6 Å². The summed E-state index contributed by atoms with van der Waals surface area (Å²) in [5.74, 6) is 0.816. The lowest BCUT2D eigenvalue weighted by atomic mass is 10.3. The molecule has 3 heterocycles. The van der Waals surface area contributed by atoms with Crippen molar-refractivity contribution in [3.05, 3.63) is 29.1 Å². The molecule has 0 fully saturated rings. The van der Waals surface area contributed by atoms with Crippen molar-refractivity contribution < 1.29 is 17.9 Å². The first kappa shape index (κ1) is 19.2. The quantitative estimate of drug-likeness (QED) is 0.501. The van der Waals surface area contributed by atoms with Crippen LogP contribution < -0.4 is 5.32 Å². The first-order valence-corrected chi connectivity index (χ1v) is 8.21. The molecule has 0 aliphatic rings. The fraction of sp³-hybridized carbons (Fsp3) is 0.400. The van der Waals surface area contributed by atoms with E-state index in [1.54, 1.807) is 13.0 Å². The van der Waals surface area contributed by atoms with Crippen molar-refractivity contribution in [3.63, 3.8) is 0 Å². The standard InChI is InChI=1S/C15H15ClF3N7O/c1-8-5-10(21-7-20-8)22-13-12-11(23-14(16)24-13)9(2)25-26(12)3-4-27-6-15(17,18)19/h5,7H,3-4,6H2,1-2H3,(H,20,21,22,23,24). The normalized spacial score (nSPS) is 11.9. The average molecular weight is 402 g/mol. The number of nitrogens with zero attached hydrogens (tertiary/aromatic N) is 6. The number of rotatable bonds is 6. The maximum Gasteiger partial charge on any atom is 0.411 e. The molecule has 0 aliphatic heterocycles. The van der Waals surface area contributed by atoms with Crippen molar-refractivity contribution in [3.8, 4) is 0 Å². The summed E-state index contributed by atoms with van der Waals surface area (Å²) in [6.45, 7) is 2.12. The molecular weight excluding hydrogens is 387 g/mol. The molecule has 3 aromatic rings. The van der Waals surface area contributed by atoms with Crippen LogP contribution in [0.2, 0.25) is 5.28 Å². The molecule has 8 nitrogen and oxygen atoms in total. The molecule has 12 heteroatoms. The number of alkyl halides is 3. The van der Waals surface area contributed by atoms with E-state index in [1.165, 1.54) is 11.0 Å². The number of aryl methyl sites for hydroxylation is 2. The molecule has 3 aromatic heterocycles. The van der Waals surface area contributed by atoms with Crippen LogP contribution in [0.4, 0.5) is 24.8 Å². The predicted molar refractivity (Wildman–Crippen MR) is 92.0 cm³/mol. The molecule has 0 radical (unpaired) electrons. The van der Waals surface area contributed by atoms with Crippen LogP contribution >= 0.6 is 11.6 Å². The highest BCUT2D eigenvalue weighted by Gasteiger charge is 2.27. The van der Waals surface area contributed by atoms with Gasteiger partial charge in [0.05, 0.1) is 18.8 Å². The highest BCUT2D eigenvalue weighted by molar-refractivity contribution is 6.28. The summed E-state index contributed by atoms with van der Waals surface area (Å²) in [6.07, 6.45) is -2.98. The van der Waals surface area contributed by atoms with E-state index in [4.69, 9.17) is 11.6 Å². The number of hydrogen-bond donors (Lipinski definition) is 1. The first-order chi connectivity index (χ1) is 12.7. The number of hydrogen-bond acceptors (Lipinski definition) is 7. The smallest absolute Gasteiger partial charge is 0.370 e. The van der Waals surface area contributed by atoms with E-state index < -0.39 is 12.8 Å². The van der Waals surface area contributed by atoms with Crippen molar-refractivity contribution in [2.24, 2.45) is 0 Å². The molecule has 0 spiro atoms. The molecule has 3 rings (SSSR count). The van der Waals surface area contributed by atoms with Gasteiger partial charge in [-0.2, -0.15) is 23.3 Å². The van der Waals surface area contributed by atoms with Crippen LogP contribution in [0.5, 0.6) is 0 Å². The van der Waals surface area contributed by atoms with Crippen LogP contribution in [-0.4, -0.2) is 49.1 Å². The Balaban J connectivity index is 1.90. The average Bonchev–Trinajstić information content (AvgIpc) is 2.87. The minimum atomic E-state index is -4.38. The summed E-state index contributed by atoms with van der Waals surface area (Å²) in [5.41, 5.74) is 2.28. The van der Waals surface area contributed by atoms with Crippen molar-refractivity contribution in [2.75, 3.05) is 18.5 Å². The number of anilines is 2. The molecule has 0 unspecified atom stereocenters. The maximum absolute atomic E-state index is 12.2. The second-order valence-electron chi connectivity index (χ2n) is 5.68. The fourth-order valence-electron chi connectivity index (χ4n) is 2.43. The number of aromatic nitrogens is 6. The minimum Gasteiger partial charge on any atom is -0.370 e. The SMILES string of the molecule is Cc1cc(Nc2nc(Cl)nc3c(C)nn(CCOCC(F)(F)F)c23)ncn1. The zero-order valence-corrected chi connectivity index (χ0v) is 15.1. The lowest BCUT2D eigenvalue weighted by Crippen LogP contribution is -2.19. The molecular formula is C15H15ClF3N7O. The molecule has 0 aliphatic carbocycles. The van der Waals surface area contributed by atoms with E-state index in [1.807, 2.05) is 6.92 Å². The van der Waals surface area contributed by atoms with E-state index in [0.29, 0.717) is 28.4 Å². The Morgan fingerprint density at radius 3 is 2.70 bits per heavy atom. The Bertz CT molecular complexity index is 960. The van der Waals surface area contributed by atoms with Gasteiger partial charge in [0.2, 0.25) is 5.28 Å². The van der Waals surface area contributed by atoms with Crippen molar-refractivity contribution in [1.82, 2.24) is 29.7 Å². The Morgan fingerprint density at radius 1 is 1.22 bits per heavy atom. The molecule has 0 atom stereocenters. The Kier molecular flexibility index (Phi) is 5.42. The second kappa shape index (κ2) is 7.61. The monoisotopic (exact) mass is 401 g/mol.